The van der Waals surface area contributed by atoms with Gasteiger partial charge in [0.25, 0.3) is 0 Å². The molecule has 1 N–H and O–H groups in total. The van der Waals surface area contributed by atoms with Gasteiger partial charge in [0.15, 0.2) is 0 Å². The van der Waals surface area contributed by atoms with Crippen molar-refractivity contribution in [1.29, 1.82) is 0 Å². The standard InChI is InChI=1S/C12H14O5/c1-3-17-12(15)10-5-8(7-16-2)4-9(6-10)11(13)14/h4-6H,3,7H2,1-2H3,(H,13,14). The molecule has 17 heavy (non-hydrogen) atoms. The lowest BCUT2D eigenvalue weighted by molar-refractivity contribution is 0.0526. The number of ether oxygens (including phenoxy) is 2. The smallest absolute Gasteiger partial charge is 0.338 e. The molecule has 1 aromatic carbocycles. The number of rotatable bonds is 5. The number of carbonyl (C=O) groups is 2. The third-order valence-electron chi connectivity index (χ3n) is 2.06. The molecule has 0 aliphatic rings. The summed E-state index contributed by atoms with van der Waals surface area (Å²) in [5.41, 5.74) is 0.886. The Morgan fingerprint density at radius 3 is 2.41 bits per heavy atom. The highest BCUT2D eigenvalue weighted by Crippen LogP contribution is 2.13. The summed E-state index contributed by atoms with van der Waals surface area (Å²) >= 11 is 0. The Morgan fingerprint density at radius 2 is 1.88 bits per heavy atom. The first-order valence-corrected chi connectivity index (χ1v) is 5.11. The van der Waals surface area contributed by atoms with E-state index in [0.717, 1.165) is 0 Å². The number of hydrogen-bond donors (Lipinski definition) is 1. The topological polar surface area (TPSA) is 72.8 Å². The highest BCUT2D eigenvalue weighted by molar-refractivity contribution is 5.94. The predicted octanol–water partition coefficient (Wildman–Crippen LogP) is 1.71. The SMILES string of the molecule is CCOC(=O)c1cc(COC)cc(C(=O)O)c1. The maximum atomic E-state index is 11.5. The predicted molar refractivity (Wildman–Crippen MR) is 60.1 cm³/mol. The van der Waals surface area contributed by atoms with E-state index in [-0.39, 0.29) is 24.3 Å². The molecule has 92 valence electrons. The van der Waals surface area contributed by atoms with Gasteiger partial charge in [-0.2, -0.15) is 0 Å². The summed E-state index contributed by atoms with van der Waals surface area (Å²) < 4.78 is 9.74. The van der Waals surface area contributed by atoms with E-state index in [4.69, 9.17) is 14.6 Å². The normalized spacial score (nSPS) is 10.0. The van der Waals surface area contributed by atoms with Crippen molar-refractivity contribution >= 4 is 11.9 Å². The van der Waals surface area contributed by atoms with Gasteiger partial charge in [0.05, 0.1) is 24.3 Å². The molecule has 0 aliphatic heterocycles. The summed E-state index contributed by atoms with van der Waals surface area (Å²) in [7, 11) is 1.50. The Hall–Kier alpha value is -1.88. The molecule has 1 rings (SSSR count). The second kappa shape index (κ2) is 6.00. The van der Waals surface area contributed by atoms with Gasteiger partial charge >= 0.3 is 11.9 Å². The second-order valence-corrected chi connectivity index (χ2v) is 3.38. The van der Waals surface area contributed by atoms with Crippen LogP contribution in [-0.4, -0.2) is 30.8 Å². The number of benzene rings is 1. The number of methoxy groups -OCH3 is 1. The molecule has 0 radical (unpaired) electrons. The molecule has 0 amide bonds. The number of carboxylic acids is 1. The fourth-order valence-corrected chi connectivity index (χ4v) is 1.40. The van der Waals surface area contributed by atoms with Crippen LogP contribution in [0.15, 0.2) is 18.2 Å². The molecular weight excluding hydrogens is 224 g/mol. The Kier molecular flexibility index (Phi) is 4.66. The van der Waals surface area contributed by atoms with Gasteiger partial charge in [0.2, 0.25) is 0 Å². The summed E-state index contributed by atoms with van der Waals surface area (Å²) in [4.78, 5) is 22.4. The lowest BCUT2D eigenvalue weighted by Crippen LogP contribution is -2.08. The van der Waals surface area contributed by atoms with Crippen molar-refractivity contribution in [3.8, 4) is 0 Å². The van der Waals surface area contributed by atoms with E-state index in [0.29, 0.717) is 5.56 Å². The van der Waals surface area contributed by atoms with Crippen molar-refractivity contribution in [2.45, 2.75) is 13.5 Å². The largest absolute Gasteiger partial charge is 0.478 e. The van der Waals surface area contributed by atoms with E-state index in [9.17, 15) is 9.59 Å². The third-order valence-corrected chi connectivity index (χ3v) is 2.06. The molecule has 0 spiro atoms. The Bertz CT molecular complexity index is 425. The average molecular weight is 238 g/mol. The van der Waals surface area contributed by atoms with Crippen molar-refractivity contribution in [3.05, 3.63) is 34.9 Å². The fourth-order valence-electron chi connectivity index (χ4n) is 1.40. The van der Waals surface area contributed by atoms with E-state index < -0.39 is 11.9 Å². The maximum absolute atomic E-state index is 11.5. The van der Waals surface area contributed by atoms with Crippen LogP contribution in [0.4, 0.5) is 0 Å². The van der Waals surface area contributed by atoms with Gasteiger partial charge in [-0.25, -0.2) is 9.59 Å². The summed E-state index contributed by atoms with van der Waals surface area (Å²) in [6.07, 6.45) is 0. The summed E-state index contributed by atoms with van der Waals surface area (Å²) in [6, 6.07) is 4.32. The fraction of sp³-hybridized carbons (Fsp3) is 0.333. The van der Waals surface area contributed by atoms with Gasteiger partial charge < -0.3 is 14.6 Å². The molecular formula is C12H14O5. The Labute approximate surface area is 99.0 Å². The molecule has 0 saturated heterocycles. The van der Waals surface area contributed by atoms with Crippen molar-refractivity contribution in [3.63, 3.8) is 0 Å². The Balaban J connectivity index is 3.11. The molecule has 0 aliphatic carbocycles. The van der Waals surface area contributed by atoms with E-state index in [2.05, 4.69) is 0 Å². The maximum Gasteiger partial charge on any atom is 0.338 e. The van der Waals surface area contributed by atoms with Crippen LogP contribution >= 0.6 is 0 Å². The van der Waals surface area contributed by atoms with Crippen molar-refractivity contribution in [2.24, 2.45) is 0 Å². The number of carbonyl (C=O) groups excluding carboxylic acids is 1. The summed E-state index contributed by atoms with van der Waals surface area (Å²) in [5, 5.41) is 8.92. The zero-order valence-electron chi connectivity index (χ0n) is 9.73. The highest BCUT2D eigenvalue weighted by atomic mass is 16.5. The number of aromatic carboxylic acids is 1. The summed E-state index contributed by atoms with van der Waals surface area (Å²) in [5.74, 6) is -1.62. The number of esters is 1. The minimum atomic E-state index is -1.09. The zero-order chi connectivity index (χ0) is 12.8. The monoisotopic (exact) mass is 238 g/mol. The van der Waals surface area contributed by atoms with Crippen LogP contribution in [0.1, 0.15) is 33.2 Å². The van der Waals surface area contributed by atoms with Gasteiger partial charge in [-0.1, -0.05) is 0 Å². The first kappa shape index (κ1) is 13.2. The van der Waals surface area contributed by atoms with Crippen LogP contribution in [-0.2, 0) is 16.1 Å². The lowest BCUT2D eigenvalue weighted by Gasteiger charge is -2.06. The first-order chi connectivity index (χ1) is 8.08. The molecule has 0 unspecified atom stereocenters. The quantitative estimate of drug-likeness (QED) is 0.790. The Morgan fingerprint density at radius 1 is 1.24 bits per heavy atom. The van der Waals surface area contributed by atoms with Crippen LogP contribution in [0.5, 0.6) is 0 Å². The molecule has 5 heteroatoms. The third kappa shape index (κ3) is 3.57. The lowest BCUT2D eigenvalue weighted by atomic mass is 10.1. The molecule has 1 aromatic rings. The molecule has 0 heterocycles. The summed E-state index contributed by atoms with van der Waals surface area (Å²) in [6.45, 7) is 2.18. The molecule has 0 bridgehead atoms. The van der Waals surface area contributed by atoms with Crippen molar-refractivity contribution in [2.75, 3.05) is 13.7 Å². The van der Waals surface area contributed by atoms with Gasteiger partial charge in [-0.15, -0.1) is 0 Å². The van der Waals surface area contributed by atoms with Gasteiger partial charge in [0.1, 0.15) is 0 Å². The van der Waals surface area contributed by atoms with E-state index in [1.54, 1.807) is 13.0 Å². The van der Waals surface area contributed by atoms with Gasteiger partial charge in [-0.3, -0.25) is 0 Å². The molecule has 0 atom stereocenters. The molecule has 0 saturated carbocycles. The minimum absolute atomic E-state index is 0.0441. The van der Waals surface area contributed by atoms with Crippen molar-refractivity contribution in [1.82, 2.24) is 0 Å². The minimum Gasteiger partial charge on any atom is -0.478 e. The highest BCUT2D eigenvalue weighted by Gasteiger charge is 2.12. The number of hydrogen-bond acceptors (Lipinski definition) is 4. The molecule has 0 fully saturated rings. The average Bonchev–Trinajstić information content (AvgIpc) is 2.29. The van der Waals surface area contributed by atoms with Crippen LogP contribution in [0, 0.1) is 0 Å². The van der Waals surface area contributed by atoms with Crippen LogP contribution in [0.3, 0.4) is 0 Å². The van der Waals surface area contributed by atoms with E-state index in [1.807, 2.05) is 0 Å². The van der Waals surface area contributed by atoms with Gasteiger partial charge in [0, 0.05) is 7.11 Å². The van der Waals surface area contributed by atoms with Crippen molar-refractivity contribution < 1.29 is 24.2 Å². The van der Waals surface area contributed by atoms with E-state index in [1.165, 1.54) is 19.2 Å². The molecule has 5 nitrogen and oxygen atoms in total. The number of carboxylic acid groups (broad SMARTS) is 1. The van der Waals surface area contributed by atoms with Crippen LogP contribution in [0.25, 0.3) is 0 Å². The van der Waals surface area contributed by atoms with Crippen LogP contribution in [0.2, 0.25) is 0 Å². The first-order valence-electron chi connectivity index (χ1n) is 5.11. The zero-order valence-corrected chi connectivity index (χ0v) is 9.73. The second-order valence-electron chi connectivity index (χ2n) is 3.38. The van der Waals surface area contributed by atoms with E-state index >= 15 is 0 Å². The van der Waals surface area contributed by atoms with Gasteiger partial charge in [-0.05, 0) is 30.7 Å². The molecule has 0 aromatic heterocycles. The van der Waals surface area contributed by atoms with Crippen LogP contribution < -0.4 is 0 Å².